The van der Waals surface area contributed by atoms with Gasteiger partial charge in [-0.15, -0.1) is 93.3 Å². The predicted octanol–water partition coefficient (Wildman–Crippen LogP) is 6.23. The smallest absolute Gasteiger partial charge is 0.00686 e. The van der Waals surface area contributed by atoms with Crippen LogP contribution in [0.1, 0.15) is 59.1 Å². The summed E-state index contributed by atoms with van der Waals surface area (Å²) in [5.74, 6) is 0.560. The van der Waals surface area contributed by atoms with Crippen LogP contribution in [0.5, 0.6) is 0 Å². The Morgan fingerprint density at radius 3 is 0.920 bits per heavy atom. The molecule has 0 nitrogen and oxygen atoms in total. The number of hydrogen-bond donors (Lipinski definition) is 0. The first-order chi connectivity index (χ1) is 23.6. The van der Waals surface area contributed by atoms with E-state index >= 15 is 0 Å². The zero-order chi connectivity index (χ0) is 33.1. The second kappa shape index (κ2) is 19.3. The topological polar surface area (TPSA) is 0 Å². The van der Waals surface area contributed by atoms with Crippen molar-refractivity contribution < 1.29 is 49.0 Å². The maximum absolute atomic E-state index is 2.27. The van der Waals surface area contributed by atoms with E-state index in [0.717, 1.165) is 0 Å². The van der Waals surface area contributed by atoms with Gasteiger partial charge in [0.25, 0.3) is 0 Å². The molecular weight excluding hydrogens is 727 g/mol. The summed E-state index contributed by atoms with van der Waals surface area (Å²) in [7, 11) is 0. The number of fused-ring (bicyclic) bond motifs is 2. The Bertz CT molecular complexity index is 1930. The molecule has 0 saturated carbocycles. The van der Waals surface area contributed by atoms with Gasteiger partial charge in [-0.05, 0) is 34.1 Å². The standard InChI is InChI=1S/2C22H17.C3H6.2ClH.Zr/c2*1-3-10-18(11-4-1)22(19-12-5-2-6-13-19)21-16-15-17-9-7-8-14-20(17)21;1-3-2;;;/h2*1-16,22H;1-2H3;2*1H;/q2*-1;;;;+2/p-2. The molecule has 3 heteroatoms. The largest absolute Gasteiger partial charge is 1.00 e. The van der Waals surface area contributed by atoms with Gasteiger partial charge in [0.05, 0.1) is 0 Å². The Morgan fingerprint density at radius 1 is 0.400 bits per heavy atom. The fourth-order valence-electron chi connectivity index (χ4n) is 6.54. The number of benzene rings is 6. The summed E-state index contributed by atoms with van der Waals surface area (Å²) >= 11 is 1.55. The van der Waals surface area contributed by atoms with Crippen molar-refractivity contribution in [2.24, 2.45) is 0 Å². The van der Waals surface area contributed by atoms with Crippen LogP contribution in [0.25, 0.3) is 21.5 Å². The number of rotatable bonds is 6. The van der Waals surface area contributed by atoms with Gasteiger partial charge in [0.2, 0.25) is 0 Å². The first kappa shape index (κ1) is 38.7. The number of hydrogen-bond acceptors (Lipinski definition) is 0. The molecule has 0 aliphatic heterocycles. The molecule has 8 rings (SSSR count). The third-order valence-electron chi connectivity index (χ3n) is 8.58. The molecular formula is C47H40Cl2Zr-2. The second-order valence-corrected chi connectivity index (χ2v) is 14.7. The van der Waals surface area contributed by atoms with E-state index in [4.69, 9.17) is 0 Å². The SMILES string of the molecule is C[C](C)=[Zr+2].[Cl-].[Cl-].c1ccc(C(c2ccccc2)c2c[cH-]c3ccccc23)cc1.c1ccc(C(c2ccccc2)c2c[cH-]c3ccccc23)cc1. The van der Waals surface area contributed by atoms with E-state index < -0.39 is 0 Å². The van der Waals surface area contributed by atoms with Crippen LogP contribution in [0.3, 0.4) is 0 Å². The van der Waals surface area contributed by atoms with Gasteiger partial charge in [-0.2, -0.15) is 0 Å². The van der Waals surface area contributed by atoms with Gasteiger partial charge < -0.3 is 24.8 Å². The van der Waals surface area contributed by atoms with Crippen LogP contribution >= 0.6 is 0 Å². The predicted molar refractivity (Wildman–Crippen MR) is 203 cm³/mol. The average Bonchev–Trinajstić information content (AvgIpc) is 3.76. The zero-order valence-corrected chi connectivity index (χ0v) is 32.4. The Morgan fingerprint density at radius 2 is 0.640 bits per heavy atom. The molecule has 248 valence electrons. The summed E-state index contributed by atoms with van der Waals surface area (Å²) in [5, 5.41) is 5.32. The molecule has 0 aliphatic rings. The molecule has 0 unspecified atom stereocenters. The molecule has 0 atom stereocenters. The fraction of sp³-hybridized carbons (Fsp3) is 0.0851. The van der Waals surface area contributed by atoms with Crippen LogP contribution in [-0.4, -0.2) is 3.21 Å². The van der Waals surface area contributed by atoms with Gasteiger partial charge >= 0.3 is 41.3 Å². The minimum absolute atomic E-state index is 0. The molecule has 0 bridgehead atoms. The van der Waals surface area contributed by atoms with E-state index in [0.29, 0.717) is 0 Å². The van der Waals surface area contributed by atoms with Crippen LogP contribution in [0, 0.1) is 0 Å². The van der Waals surface area contributed by atoms with Crippen molar-refractivity contribution in [1.29, 1.82) is 0 Å². The van der Waals surface area contributed by atoms with E-state index in [2.05, 4.69) is 208 Å². The van der Waals surface area contributed by atoms with Crippen LogP contribution in [0.2, 0.25) is 0 Å². The van der Waals surface area contributed by atoms with Crippen molar-refractivity contribution in [3.05, 3.63) is 228 Å². The normalized spacial score (nSPS) is 10.4. The van der Waals surface area contributed by atoms with Crippen molar-refractivity contribution >= 4 is 24.8 Å². The van der Waals surface area contributed by atoms with Crippen LogP contribution < -0.4 is 24.8 Å². The number of halogens is 2. The van der Waals surface area contributed by atoms with Crippen molar-refractivity contribution in [1.82, 2.24) is 0 Å². The Kier molecular flexibility index (Phi) is 14.9. The summed E-state index contributed by atoms with van der Waals surface area (Å²) in [6.07, 6.45) is 0. The van der Waals surface area contributed by atoms with E-state index in [9.17, 15) is 0 Å². The summed E-state index contributed by atoms with van der Waals surface area (Å²) < 4.78 is 1.51. The van der Waals surface area contributed by atoms with E-state index in [-0.39, 0.29) is 36.6 Å². The fourth-order valence-corrected chi connectivity index (χ4v) is 6.54. The van der Waals surface area contributed by atoms with Crippen molar-refractivity contribution in [3.8, 4) is 0 Å². The maximum atomic E-state index is 2.27. The second-order valence-electron chi connectivity index (χ2n) is 12.3. The first-order valence-corrected chi connectivity index (χ1v) is 17.8. The summed E-state index contributed by atoms with van der Waals surface area (Å²) in [5.41, 5.74) is 8.12. The van der Waals surface area contributed by atoms with E-state index in [1.807, 2.05) is 0 Å². The summed E-state index contributed by atoms with van der Waals surface area (Å²) in [4.78, 5) is 0. The van der Waals surface area contributed by atoms with Crippen molar-refractivity contribution in [2.45, 2.75) is 25.7 Å². The molecule has 0 radical (unpaired) electrons. The van der Waals surface area contributed by atoms with Gasteiger partial charge in [0.15, 0.2) is 0 Å². The Hall–Kier alpha value is -4.13. The third-order valence-corrected chi connectivity index (χ3v) is 8.58. The molecule has 8 aromatic carbocycles. The molecule has 0 saturated heterocycles. The van der Waals surface area contributed by atoms with E-state index in [1.54, 1.807) is 24.2 Å². The molecule has 0 fully saturated rings. The first-order valence-electron chi connectivity index (χ1n) is 16.6. The quantitative estimate of drug-likeness (QED) is 0.176. The van der Waals surface area contributed by atoms with Crippen LogP contribution in [0.4, 0.5) is 0 Å². The van der Waals surface area contributed by atoms with Crippen molar-refractivity contribution in [3.63, 3.8) is 0 Å². The molecule has 0 aliphatic carbocycles. The summed E-state index contributed by atoms with van der Waals surface area (Å²) in [6, 6.07) is 69.3. The maximum Gasteiger partial charge on any atom is -0.00686 e. The van der Waals surface area contributed by atoms with Gasteiger partial charge in [-0.3, -0.25) is 0 Å². The van der Waals surface area contributed by atoms with Gasteiger partial charge in [-0.1, -0.05) is 133 Å². The minimum atomic E-state index is 0. The molecule has 0 N–H and O–H groups in total. The molecule has 0 aromatic heterocycles. The van der Waals surface area contributed by atoms with Crippen LogP contribution in [0.15, 0.2) is 194 Å². The summed E-state index contributed by atoms with van der Waals surface area (Å²) in [6.45, 7) is 4.25. The van der Waals surface area contributed by atoms with Crippen LogP contribution in [-0.2, 0) is 24.2 Å². The zero-order valence-electron chi connectivity index (χ0n) is 28.4. The van der Waals surface area contributed by atoms with Gasteiger partial charge in [0.1, 0.15) is 0 Å². The Labute approximate surface area is 324 Å². The average molecular weight is 767 g/mol. The third kappa shape index (κ3) is 9.55. The van der Waals surface area contributed by atoms with Gasteiger partial charge in [-0.25, -0.2) is 0 Å². The molecule has 50 heavy (non-hydrogen) atoms. The van der Waals surface area contributed by atoms with Gasteiger partial charge in [0, 0.05) is 0 Å². The van der Waals surface area contributed by atoms with Crippen molar-refractivity contribution in [2.75, 3.05) is 0 Å². The molecule has 0 heterocycles. The molecule has 0 amide bonds. The molecule has 8 aromatic rings. The monoisotopic (exact) mass is 764 g/mol. The molecule has 0 spiro atoms. The minimum Gasteiger partial charge on any atom is -1.00 e. The van der Waals surface area contributed by atoms with E-state index in [1.165, 1.54) is 58.1 Å². The Balaban J connectivity index is 0.000000196.